The fourth-order valence-corrected chi connectivity index (χ4v) is 4.59. The molecule has 3 N–H and O–H groups in total. The standard InChI is InChI=1S/C24H21ClN8O/c1-14-9-17(11-20(25)29-14)21-22(16-4-2-3-15(10-16)12-26)31-33-7-5-18(30-23(21)33)19-13-28-6-8-32(19)24(27)34/h2-5,7,9-11,19,28H,6,8,13H2,1H3,(H2,27,34). The summed E-state index contributed by atoms with van der Waals surface area (Å²) in [5.41, 5.74) is 11.2. The van der Waals surface area contributed by atoms with E-state index in [1.165, 1.54) is 0 Å². The second-order valence-corrected chi connectivity index (χ2v) is 8.50. The lowest BCUT2D eigenvalue weighted by molar-refractivity contribution is 0.165. The van der Waals surface area contributed by atoms with Crippen LogP contribution in [-0.2, 0) is 0 Å². The van der Waals surface area contributed by atoms with E-state index in [4.69, 9.17) is 27.4 Å². The Balaban J connectivity index is 1.75. The van der Waals surface area contributed by atoms with Crippen molar-refractivity contribution >= 4 is 23.3 Å². The predicted molar refractivity (Wildman–Crippen MR) is 128 cm³/mol. The summed E-state index contributed by atoms with van der Waals surface area (Å²) >= 11 is 6.30. The number of nitrogens with one attached hydrogen (secondary N) is 1. The number of carbonyl (C=O) groups excluding carboxylic acids is 1. The maximum absolute atomic E-state index is 12.0. The summed E-state index contributed by atoms with van der Waals surface area (Å²) in [6.45, 7) is 3.60. The Morgan fingerprint density at radius 2 is 2.09 bits per heavy atom. The molecule has 1 aliphatic rings. The molecular formula is C24H21ClN8O. The van der Waals surface area contributed by atoms with E-state index >= 15 is 0 Å². The molecule has 3 aromatic heterocycles. The van der Waals surface area contributed by atoms with Gasteiger partial charge in [-0.3, -0.25) is 0 Å². The number of primary amides is 1. The van der Waals surface area contributed by atoms with Crippen LogP contribution in [0.25, 0.3) is 28.0 Å². The van der Waals surface area contributed by atoms with Crippen LogP contribution in [0.5, 0.6) is 0 Å². The third-order valence-corrected chi connectivity index (χ3v) is 6.04. The molecule has 170 valence electrons. The summed E-state index contributed by atoms with van der Waals surface area (Å²) in [4.78, 5) is 22.9. The van der Waals surface area contributed by atoms with E-state index in [0.717, 1.165) is 22.4 Å². The molecule has 4 heterocycles. The molecule has 0 spiro atoms. The van der Waals surface area contributed by atoms with Crippen molar-refractivity contribution in [2.24, 2.45) is 5.73 Å². The SMILES string of the molecule is Cc1cc(-c2c(-c3cccc(C#N)c3)nn3ccc(C4CNCCN4C(N)=O)nc23)cc(Cl)n1. The zero-order chi connectivity index (χ0) is 23.8. The number of nitrogens with two attached hydrogens (primary N) is 1. The first-order chi connectivity index (χ1) is 16.4. The molecule has 1 saturated heterocycles. The molecule has 1 fully saturated rings. The van der Waals surface area contributed by atoms with Crippen LogP contribution >= 0.6 is 11.6 Å². The number of hydrogen-bond donors (Lipinski definition) is 2. The maximum atomic E-state index is 12.0. The average Bonchev–Trinajstić information content (AvgIpc) is 3.22. The Morgan fingerprint density at radius 1 is 1.24 bits per heavy atom. The number of urea groups is 1. The van der Waals surface area contributed by atoms with Gasteiger partial charge in [0.15, 0.2) is 5.65 Å². The van der Waals surface area contributed by atoms with Gasteiger partial charge in [-0.05, 0) is 42.8 Å². The molecule has 1 unspecified atom stereocenters. The fourth-order valence-electron chi connectivity index (χ4n) is 4.34. The zero-order valence-electron chi connectivity index (χ0n) is 18.4. The molecule has 1 aliphatic heterocycles. The van der Waals surface area contributed by atoms with Gasteiger partial charge in [-0.25, -0.2) is 19.3 Å². The fraction of sp³-hybridized carbons (Fsp3) is 0.208. The smallest absolute Gasteiger partial charge is 0.315 e. The van der Waals surface area contributed by atoms with Gasteiger partial charge in [0, 0.05) is 37.1 Å². The van der Waals surface area contributed by atoms with Crippen molar-refractivity contribution < 1.29 is 4.79 Å². The first-order valence-electron chi connectivity index (χ1n) is 10.8. The van der Waals surface area contributed by atoms with Crippen molar-refractivity contribution in [2.45, 2.75) is 13.0 Å². The Bertz CT molecular complexity index is 1440. The minimum absolute atomic E-state index is 0.299. The summed E-state index contributed by atoms with van der Waals surface area (Å²) in [6.07, 6.45) is 1.82. The van der Waals surface area contributed by atoms with E-state index in [9.17, 15) is 10.1 Å². The van der Waals surface area contributed by atoms with Gasteiger partial charge >= 0.3 is 6.03 Å². The summed E-state index contributed by atoms with van der Waals surface area (Å²) in [5, 5.41) is 17.9. The molecule has 10 heteroatoms. The van der Waals surface area contributed by atoms with Crippen LogP contribution in [0.4, 0.5) is 4.79 Å². The lowest BCUT2D eigenvalue weighted by Gasteiger charge is -2.34. The minimum Gasteiger partial charge on any atom is -0.351 e. The van der Waals surface area contributed by atoms with E-state index in [0.29, 0.717) is 47.4 Å². The number of rotatable bonds is 3. The number of aromatic nitrogens is 4. The second-order valence-electron chi connectivity index (χ2n) is 8.11. The number of carbonyl (C=O) groups is 1. The number of benzene rings is 1. The molecule has 1 atom stereocenters. The monoisotopic (exact) mass is 472 g/mol. The number of hydrogen-bond acceptors (Lipinski definition) is 6. The highest BCUT2D eigenvalue weighted by atomic mass is 35.5. The number of pyridine rings is 1. The summed E-state index contributed by atoms with van der Waals surface area (Å²) in [5.74, 6) is 0. The van der Waals surface area contributed by atoms with Crippen molar-refractivity contribution in [1.29, 1.82) is 5.26 Å². The van der Waals surface area contributed by atoms with Crippen LogP contribution in [0.15, 0.2) is 48.7 Å². The van der Waals surface area contributed by atoms with Crippen molar-refractivity contribution in [3.63, 3.8) is 0 Å². The number of nitrogens with zero attached hydrogens (tertiary/aromatic N) is 6. The van der Waals surface area contributed by atoms with E-state index < -0.39 is 6.03 Å². The Morgan fingerprint density at radius 3 is 2.85 bits per heavy atom. The van der Waals surface area contributed by atoms with Crippen LogP contribution in [0.1, 0.15) is 23.0 Å². The normalized spacial score (nSPS) is 15.9. The van der Waals surface area contributed by atoms with Crippen molar-refractivity contribution in [2.75, 3.05) is 19.6 Å². The third-order valence-electron chi connectivity index (χ3n) is 5.85. The first-order valence-corrected chi connectivity index (χ1v) is 11.1. The van der Waals surface area contributed by atoms with Gasteiger partial charge in [-0.1, -0.05) is 23.7 Å². The highest BCUT2D eigenvalue weighted by Crippen LogP contribution is 2.36. The molecule has 5 rings (SSSR count). The maximum Gasteiger partial charge on any atom is 0.315 e. The van der Waals surface area contributed by atoms with E-state index in [-0.39, 0.29) is 6.04 Å². The van der Waals surface area contributed by atoms with Gasteiger partial charge in [-0.15, -0.1) is 0 Å². The summed E-state index contributed by atoms with van der Waals surface area (Å²) < 4.78 is 1.70. The topological polar surface area (TPSA) is 125 Å². The highest BCUT2D eigenvalue weighted by Gasteiger charge is 2.28. The van der Waals surface area contributed by atoms with Gasteiger partial charge in [0.25, 0.3) is 0 Å². The quantitative estimate of drug-likeness (QED) is 0.440. The summed E-state index contributed by atoms with van der Waals surface area (Å²) in [7, 11) is 0. The van der Waals surface area contributed by atoms with Gasteiger partial charge < -0.3 is 16.0 Å². The number of nitriles is 1. The highest BCUT2D eigenvalue weighted by molar-refractivity contribution is 6.29. The molecule has 4 aromatic rings. The van der Waals surface area contributed by atoms with Crippen molar-refractivity contribution in [3.05, 3.63) is 70.8 Å². The van der Waals surface area contributed by atoms with Crippen LogP contribution < -0.4 is 11.1 Å². The zero-order valence-corrected chi connectivity index (χ0v) is 19.1. The van der Waals surface area contributed by atoms with Gasteiger partial charge in [-0.2, -0.15) is 10.4 Å². The predicted octanol–water partition coefficient (Wildman–Crippen LogP) is 3.32. The molecule has 0 radical (unpaired) electrons. The Hall–Kier alpha value is -4.00. The molecular weight excluding hydrogens is 452 g/mol. The van der Waals surface area contributed by atoms with Gasteiger partial charge in [0.2, 0.25) is 0 Å². The van der Waals surface area contributed by atoms with Crippen molar-refractivity contribution in [3.8, 4) is 28.5 Å². The number of halogens is 1. The minimum atomic E-state index is -0.479. The average molecular weight is 473 g/mol. The largest absolute Gasteiger partial charge is 0.351 e. The van der Waals surface area contributed by atoms with E-state index in [1.807, 2.05) is 37.4 Å². The van der Waals surface area contributed by atoms with Crippen LogP contribution in [-0.4, -0.2) is 50.1 Å². The van der Waals surface area contributed by atoms with Crippen LogP contribution in [0.3, 0.4) is 0 Å². The summed E-state index contributed by atoms with van der Waals surface area (Å²) in [6, 6.07) is 14.2. The molecule has 1 aromatic carbocycles. The van der Waals surface area contributed by atoms with E-state index in [2.05, 4.69) is 16.4 Å². The molecule has 34 heavy (non-hydrogen) atoms. The van der Waals surface area contributed by atoms with Crippen LogP contribution in [0, 0.1) is 18.3 Å². The number of piperazine rings is 1. The van der Waals surface area contributed by atoms with Gasteiger partial charge in [0.05, 0.1) is 28.9 Å². The second kappa shape index (κ2) is 8.74. The number of amides is 2. The lowest BCUT2D eigenvalue weighted by Crippen LogP contribution is -2.50. The molecule has 0 bridgehead atoms. The van der Waals surface area contributed by atoms with E-state index in [1.54, 1.807) is 27.6 Å². The van der Waals surface area contributed by atoms with Crippen molar-refractivity contribution in [1.82, 2.24) is 29.8 Å². The number of aryl methyl sites for hydroxylation is 1. The van der Waals surface area contributed by atoms with Crippen LogP contribution in [0.2, 0.25) is 5.15 Å². The van der Waals surface area contributed by atoms with Gasteiger partial charge in [0.1, 0.15) is 10.8 Å². The molecule has 9 nitrogen and oxygen atoms in total. The number of fused-ring (bicyclic) bond motifs is 1. The molecule has 2 amide bonds. The first kappa shape index (κ1) is 21.8. The lowest BCUT2D eigenvalue weighted by atomic mass is 10.00. The Kier molecular flexibility index (Phi) is 5.61. The Labute approximate surface area is 200 Å². The third kappa shape index (κ3) is 3.94. The molecule has 0 aliphatic carbocycles. The molecule has 0 saturated carbocycles.